The van der Waals surface area contributed by atoms with Gasteiger partial charge in [0.25, 0.3) is 0 Å². The van der Waals surface area contributed by atoms with Crippen molar-refractivity contribution in [1.82, 2.24) is 0 Å². The van der Waals surface area contributed by atoms with Gasteiger partial charge < -0.3 is 11.1 Å². The van der Waals surface area contributed by atoms with Gasteiger partial charge in [0.2, 0.25) is 0 Å². The molecule has 4 heteroatoms. The molecule has 1 aromatic rings. The van der Waals surface area contributed by atoms with E-state index in [1.54, 1.807) is 6.07 Å². The van der Waals surface area contributed by atoms with E-state index in [1.807, 2.05) is 22.6 Å². The van der Waals surface area contributed by atoms with Crippen LogP contribution in [0.1, 0.15) is 27.2 Å². The van der Waals surface area contributed by atoms with Crippen LogP contribution in [0.3, 0.4) is 0 Å². The molecule has 3 N–H and O–H groups in total. The van der Waals surface area contributed by atoms with Gasteiger partial charge in [0.1, 0.15) is 5.82 Å². The highest BCUT2D eigenvalue weighted by Gasteiger charge is 2.12. The standard InChI is InChI=1S/C12H18FIN2/c1-4-7(2)8(3)16-12-5-9(13)10(14)6-11(12)15/h5-8,16H,4,15H2,1-3H3. The van der Waals surface area contributed by atoms with E-state index in [-0.39, 0.29) is 11.9 Å². The van der Waals surface area contributed by atoms with Gasteiger partial charge in [0, 0.05) is 12.1 Å². The third-order valence-electron chi connectivity index (χ3n) is 2.97. The summed E-state index contributed by atoms with van der Waals surface area (Å²) < 4.78 is 13.9. The number of hydrogen-bond acceptors (Lipinski definition) is 2. The Morgan fingerprint density at radius 3 is 2.62 bits per heavy atom. The molecule has 0 amide bonds. The maximum atomic E-state index is 13.4. The van der Waals surface area contributed by atoms with E-state index in [4.69, 9.17) is 5.73 Å². The van der Waals surface area contributed by atoms with Crippen molar-refractivity contribution in [2.75, 3.05) is 11.1 Å². The van der Waals surface area contributed by atoms with Crippen LogP contribution in [0, 0.1) is 15.3 Å². The molecule has 2 unspecified atom stereocenters. The lowest BCUT2D eigenvalue weighted by Crippen LogP contribution is -2.23. The Morgan fingerprint density at radius 1 is 1.44 bits per heavy atom. The Morgan fingerprint density at radius 2 is 2.06 bits per heavy atom. The second-order valence-corrected chi connectivity index (χ2v) is 5.33. The first kappa shape index (κ1) is 13.5. The van der Waals surface area contributed by atoms with Crippen LogP contribution < -0.4 is 11.1 Å². The fourth-order valence-electron chi connectivity index (χ4n) is 1.43. The highest BCUT2D eigenvalue weighted by Crippen LogP contribution is 2.26. The molecule has 0 aromatic heterocycles. The van der Waals surface area contributed by atoms with Gasteiger partial charge in [0.05, 0.1) is 14.9 Å². The Balaban J connectivity index is 2.85. The van der Waals surface area contributed by atoms with Gasteiger partial charge >= 0.3 is 0 Å². The maximum Gasteiger partial charge on any atom is 0.138 e. The van der Waals surface area contributed by atoms with Gasteiger partial charge in [-0.05, 0) is 41.5 Å². The zero-order valence-corrected chi connectivity index (χ0v) is 12.0. The second kappa shape index (κ2) is 5.70. The zero-order valence-electron chi connectivity index (χ0n) is 9.85. The molecular weight excluding hydrogens is 318 g/mol. The Labute approximate surface area is 110 Å². The minimum Gasteiger partial charge on any atom is -0.397 e. The van der Waals surface area contributed by atoms with Crippen LogP contribution in [0.4, 0.5) is 15.8 Å². The summed E-state index contributed by atoms with van der Waals surface area (Å²) in [5.74, 6) is 0.301. The molecule has 0 radical (unpaired) electrons. The van der Waals surface area contributed by atoms with Gasteiger partial charge in [-0.2, -0.15) is 0 Å². The summed E-state index contributed by atoms with van der Waals surface area (Å²) in [5, 5.41) is 3.26. The molecule has 0 heterocycles. The van der Waals surface area contributed by atoms with E-state index in [1.165, 1.54) is 6.07 Å². The Hall–Kier alpha value is -0.520. The number of rotatable bonds is 4. The smallest absolute Gasteiger partial charge is 0.138 e. The Bertz CT molecular complexity index is 368. The maximum absolute atomic E-state index is 13.4. The molecule has 0 saturated heterocycles. The summed E-state index contributed by atoms with van der Waals surface area (Å²) in [7, 11) is 0. The molecule has 0 saturated carbocycles. The number of nitrogen functional groups attached to an aromatic ring is 1. The normalized spacial score (nSPS) is 14.6. The van der Waals surface area contributed by atoms with Crippen molar-refractivity contribution in [2.24, 2.45) is 5.92 Å². The molecule has 16 heavy (non-hydrogen) atoms. The number of hydrogen-bond donors (Lipinski definition) is 2. The summed E-state index contributed by atoms with van der Waals surface area (Å²) in [6, 6.07) is 3.41. The van der Waals surface area contributed by atoms with Gasteiger partial charge in [-0.15, -0.1) is 0 Å². The molecule has 0 aliphatic carbocycles. The number of nitrogens with two attached hydrogens (primary N) is 1. The topological polar surface area (TPSA) is 38.0 Å². The third kappa shape index (κ3) is 3.23. The predicted molar refractivity (Wildman–Crippen MR) is 76.1 cm³/mol. The monoisotopic (exact) mass is 336 g/mol. The van der Waals surface area contributed by atoms with Crippen LogP contribution in [0.15, 0.2) is 12.1 Å². The number of anilines is 2. The van der Waals surface area contributed by atoms with Gasteiger partial charge in [-0.25, -0.2) is 4.39 Å². The molecule has 0 bridgehead atoms. The van der Waals surface area contributed by atoms with Crippen LogP contribution in [0.5, 0.6) is 0 Å². The molecule has 1 rings (SSSR count). The minimum absolute atomic E-state index is 0.228. The average Bonchev–Trinajstić information content (AvgIpc) is 2.24. The first-order chi connectivity index (χ1) is 7.45. The van der Waals surface area contributed by atoms with Crippen LogP contribution in [-0.2, 0) is 0 Å². The van der Waals surface area contributed by atoms with Crippen molar-refractivity contribution < 1.29 is 4.39 Å². The SMILES string of the molecule is CCC(C)C(C)Nc1cc(F)c(I)cc1N. The van der Waals surface area contributed by atoms with Crippen LogP contribution in [0.2, 0.25) is 0 Å². The summed E-state index contributed by atoms with van der Waals surface area (Å²) in [6.45, 7) is 6.39. The highest BCUT2D eigenvalue weighted by molar-refractivity contribution is 14.1. The predicted octanol–water partition coefficient (Wildman–Crippen LogP) is 3.86. The molecule has 1 aromatic carbocycles. The van der Waals surface area contributed by atoms with E-state index in [0.29, 0.717) is 20.9 Å². The average molecular weight is 336 g/mol. The molecule has 0 spiro atoms. The van der Waals surface area contributed by atoms with E-state index in [0.717, 1.165) is 6.42 Å². The van der Waals surface area contributed by atoms with Crippen molar-refractivity contribution in [1.29, 1.82) is 0 Å². The summed E-state index contributed by atoms with van der Waals surface area (Å²) in [5.41, 5.74) is 7.13. The lowest BCUT2D eigenvalue weighted by molar-refractivity contribution is 0.494. The molecule has 90 valence electrons. The molecule has 2 atom stereocenters. The number of halogens is 2. The van der Waals surface area contributed by atoms with Crippen molar-refractivity contribution in [2.45, 2.75) is 33.2 Å². The number of benzene rings is 1. The van der Waals surface area contributed by atoms with E-state index < -0.39 is 0 Å². The first-order valence-corrected chi connectivity index (χ1v) is 6.54. The van der Waals surface area contributed by atoms with Crippen molar-refractivity contribution in [3.05, 3.63) is 21.5 Å². The molecule has 0 aliphatic rings. The Kier molecular flexibility index (Phi) is 4.83. The fourth-order valence-corrected chi connectivity index (χ4v) is 1.92. The largest absolute Gasteiger partial charge is 0.397 e. The van der Waals surface area contributed by atoms with Crippen LogP contribution in [-0.4, -0.2) is 6.04 Å². The third-order valence-corrected chi connectivity index (χ3v) is 3.80. The summed E-state index contributed by atoms with van der Waals surface area (Å²) >= 11 is 1.94. The first-order valence-electron chi connectivity index (χ1n) is 5.46. The van der Waals surface area contributed by atoms with Crippen molar-refractivity contribution in [3.63, 3.8) is 0 Å². The lowest BCUT2D eigenvalue weighted by Gasteiger charge is -2.22. The van der Waals surface area contributed by atoms with Gasteiger partial charge in [0.15, 0.2) is 0 Å². The van der Waals surface area contributed by atoms with Gasteiger partial charge in [-0.3, -0.25) is 0 Å². The van der Waals surface area contributed by atoms with Crippen molar-refractivity contribution in [3.8, 4) is 0 Å². The zero-order chi connectivity index (χ0) is 12.3. The number of nitrogens with one attached hydrogen (secondary N) is 1. The second-order valence-electron chi connectivity index (χ2n) is 4.17. The summed E-state index contributed by atoms with van der Waals surface area (Å²) in [4.78, 5) is 0. The molecular formula is C12H18FIN2. The lowest BCUT2D eigenvalue weighted by atomic mass is 10.0. The molecule has 0 fully saturated rings. The summed E-state index contributed by atoms with van der Waals surface area (Å²) in [6.07, 6.45) is 1.08. The van der Waals surface area contributed by atoms with Crippen LogP contribution >= 0.6 is 22.6 Å². The van der Waals surface area contributed by atoms with Gasteiger partial charge in [-0.1, -0.05) is 20.3 Å². The molecule has 2 nitrogen and oxygen atoms in total. The van der Waals surface area contributed by atoms with Crippen molar-refractivity contribution >= 4 is 34.0 Å². The highest BCUT2D eigenvalue weighted by atomic mass is 127. The quantitative estimate of drug-likeness (QED) is 0.647. The van der Waals surface area contributed by atoms with Crippen LogP contribution in [0.25, 0.3) is 0 Å². The molecule has 0 aliphatic heterocycles. The fraction of sp³-hybridized carbons (Fsp3) is 0.500. The van der Waals surface area contributed by atoms with E-state index >= 15 is 0 Å². The van der Waals surface area contributed by atoms with E-state index in [9.17, 15) is 4.39 Å². The minimum atomic E-state index is -0.228. The van der Waals surface area contributed by atoms with E-state index in [2.05, 4.69) is 26.1 Å².